The minimum absolute atomic E-state index is 0.0201. The van der Waals surface area contributed by atoms with Crippen LogP contribution in [-0.2, 0) is 16.6 Å². The Morgan fingerprint density at radius 3 is 2.35 bits per heavy atom. The highest BCUT2D eigenvalue weighted by Crippen LogP contribution is 2.28. The lowest BCUT2D eigenvalue weighted by Crippen LogP contribution is -2.17. The lowest BCUT2D eigenvalue weighted by atomic mass is 10.1. The Morgan fingerprint density at radius 1 is 1.06 bits per heavy atom. The Hall–Kier alpha value is -3.99. The second-order valence-corrected chi connectivity index (χ2v) is 8.89. The number of carbonyl (C=O) groups is 1. The van der Waals surface area contributed by atoms with E-state index in [-0.39, 0.29) is 17.2 Å². The Bertz CT molecular complexity index is 1430. The SMILES string of the molecule is COc1ccc(-n2nc(CO)cc2C(=O)Nc2ccc(-c3ccccc3S(N)(=O)=O)cc2)cc1. The van der Waals surface area contributed by atoms with Crippen molar-refractivity contribution in [3.63, 3.8) is 0 Å². The number of carbonyl (C=O) groups excluding carboxylic acids is 1. The average Bonchev–Trinajstić information content (AvgIpc) is 3.29. The quantitative estimate of drug-likeness (QED) is 0.374. The number of aliphatic hydroxyl groups excluding tert-OH is 1. The van der Waals surface area contributed by atoms with Crippen LogP contribution in [0.25, 0.3) is 16.8 Å². The van der Waals surface area contributed by atoms with Gasteiger partial charge < -0.3 is 15.2 Å². The van der Waals surface area contributed by atoms with Gasteiger partial charge in [-0.3, -0.25) is 4.79 Å². The molecule has 3 aromatic carbocycles. The van der Waals surface area contributed by atoms with E-state index in [0.717, 1.165) is 0 Å². The number of nitrogens with two attached hydrogens (primary N) is 1. The van der Waals surface area contributed by atoms with Crippen LogP contribution < -0.4 is 15.2 Å². The predicted octanol–water partition coefficient (Wildman–Crippen LogP) is 2.94. The maximum Gasteiger partial charge on any atom is 0.274 e. The molecule has 0 saturated heterocycles. The molecule has 0 radical (unpaired) electrons. The number of benzene rings is 3. The summed E-state index contributed by atoms with van der Waals surface area (Å²) in [6, 6.07) is 21.6. The van der Waals surface area contributed by atoms with Gasteiger partial charge in [0.15, 0.2) is 0 Å². The van der Waals surface area contributed by atoms with Gasteiger partial charge >= 0.3 is 0 Å². The molecule has 0 saturated carbocycles. The monoisotopic (exact) mass is 478 g/mol. The van der Waals surface area contributed by atoms with E-state index in [0.29, 0.717) is 33.9 Å². The minimum atomic E-state index is -3.89. The molecule has 0 spiro atoms. The number of aromatic nitrogens is 2. The van der Waals surface area contributed by atoms with Crippen molar-refractivity contribution in [2.24, 2.45) is 5.14 Å². The maximum atomic E-state index is 13.0. The molecule has 0 fully saturated rings. The average molecular weight is 479 g/mol. The maximum absolute atomic E-state index is 13.0. The van der Waals surface area contributed by atoms with E-state index in [9.17, 15) is 18.3 Å². The smallest absolute Gasteiger partial charge is 0.274 e. The molecule has 174 valence electrons. The van der Waals surface area contributed by atoms with Crippen molar-refractivity contribution in [3.8, 4) is 22.6 Å². The summed E-state index contributed by atoms with van der Waals surface area (Å²) in [6.07, 6.45) is 0. The number of methoxy groups -OCH3 is 1. The van der Waals surface area contributed by atoms with Gasteiger partial charge in [-0.25, -0.2) is 18.2 Å². The van der Waals surface area contributed by atoms with Gasteiger partial charge in [-0.15, -0.1) is 0 Å². The number of nitrogens with one attached hydrogen (secondary N) is 1. The molecule has 0 unspecified atom stereocenters. The third-order valence-electron chi connectivity index (χ3n) is 5.12. The van der Waals surface area contributed by atoms with Gasteiger partial charge in [0.25, 0.3) is 5.91 Å². The number of ether oxygens (including phenoxy) is 1. The molecule has 0 aliphatic rings. The Balaban J connectivity index is 1.60. The van der Waals surface area contributed by atoms with Crippen LogP contribution in [0.4, 0.5) is 5.69 Å². The summed E-state index contributed by atoms with van der Waals surface area (Å²) in [5.74, 6) is 0.231. The van der Waals surface area contributed by atoms with Crippen LogP contribution in [0.3, 0.4) is 0 Å². The van der Waals surface area contributed by atoms with Crippen LogP contribution in [-0.4, -0.2) is 36.3 Å². The zero-order valence-electron chi connectivity index (χ0n) is 18.2. The van der Waals surface area contributed by atoms with Crippen molar-refractivity contribution in [1.82, 2.24) is 9.78 Å². The van der Waals surface area contributed by atoms with Crippen molar-refractivity contribution < 1.29 is 23.1 Å². The zero-order valence-corrected chi connectivity index (χ0v) is 19.0. The Morgan fingerprint density at radius 2 is 1.74 bits per heavy atom. The van der Waals surface area contributed by atoms with Gasteiger partial charge in [-0.1, -0.05) is 30.3 Å². The van der Waals surface area contributed by atoms with Crippen LogP contribution in [0, 0.1) is 0 Å². The molecule has 1 heterocycles. The summed E-state index contributed by atoms with van der Waals surface area (Å²) in [6.45, 7) is -0.318. The molecule has 9 nitrogen and oxygen atoms in total. The summed E-state index contributed by atoms with van der Waals surface area (Å²) in [7, 11) is -2.33. The molecular formula is C24H22N4O5S. The molecule has 0 bridgehead atoms. The van der Waals surface area contributed by atoms with Gasteiger partial charge in [-0.05, 0) is 54.1 Å². The number of nitrogens with zero attached hydrogens (tertiary/aromatic N) is 2. The molecule has 0 aliphatic carbocycles. The largest absolute Gasteiger partial charge is 0.497 e. The predicted molar refractivity (Wildman–Crippen MR) is 127 cm³/mol. The normalized spacial score (nSPS) is 11.3. The van der Waals surface area contributed by atoms with E-state index < -0.39 is 15.9 Å². The summed E-state index contributed by atoms with van der Waals surface area (Å²) < 4.78 is 30.4. The fourth-order valence-corrected chi connectivity index (χ4v) is 4.23. The van der Waals surface area contributed by atoms with Crippen molar-refractivity contribution in [1.29, 1.82) is 0 Å². The number of hydrogen-bond acceptors (Lipinski definition) is 6. The van der Waals surface area contributed by atoms with Crippen molar-refractivity contribution in [3.05, 3.63) is 90.3 Å². The fraction of sp³-hybridized carbons (Fsp3) is 0.0833. The number of rotatable bonds is 7. The fourth-order valence-electron chi connectivity index (χ4n) is 3.47. The summed E-state index contributed by atoms with van der Waals surface area (Å²) in [4.78, 5) is 13.0. The lowest BCUT2D eigenvalue weighted by Gasteiger charge is -2.11. The second kappa shape index (κ2) is 9.48. The minimum Gasteiger partial charge on any atom is -0.497 e. The molecule has 4 aromatic rings. The van der Waals surface area contributed by atoms with Gasteiger partial charge in [0.2, 0.25) is 10.0 Å². The van der Waals surface area contributed by atoms with E-state index in [1.165, 1.54) is 16.8 Å². The standard InChI is InChI=1S/C24H22N4O5S/c1-33-20-12-10-19(11-13-20)28-22(14-18(15-29)27-28)24(30)26-17-8-6-16(7-9-17)21-4-2-3-5-23(21)34(25,31)32/h2-14,29H,15H2,1H3,(H,26,30)(H2,25,31,32). The first-order valence-corrected chi connectivity index (χ1v) is 11.7. The molecule has 10 heteroatoms. The van der Waals surface area contributed by atoms with Crippen molar-refractivity contribution in [2.45, 2.75) is 11.5 Å². The third kappa shape index (κ3) is 4.84. The van der Waals surface area contributed by atoms with E-state index in [1.807, 2.05) is 0 Å². The second-order valence-electron chi connectivity index (χ2n) is 7.36. The first-order valence-electron chi connectivity index (χ1n) is 10.2. The molecular weight excluding hydrogens is 456 g/mol. The number of aliphatic hydroxyl groups is 1. The lowest BCUT2D eigenvalue weighted by molar-refractivity contribution is 0.101. The van der Waals surface area contributed by atoms with Gasteiger partial charge in [0.05, 0.1) is 30.0 Å². The highest BCUT2D eigenvalue weighted by molar-refractivity contribution is 7.89. The summed E-state index contributed by atoms with van der Waals surface area (Å²) in [5.41, 5.74) is 2.80. The number of anilines is 1. The van der Waals surface area contributed by atoms with Crippen LogP contribution in [0.2, 0.25) is 0 Å². The molecule has 4 N–H and O–H groups in total. The van der Waals surface area contributed by atoms with Crippen LogP contribution in [0.1, 0.15) is 16.2 Å². The molecule has 1 amide bonds. The van der Waals surface area contributed by atoms with E-state index in [1.54, 1.807) is 73.8 Å². The highest BCUT2D eigenvalue weighted by atomic mass is 32.2. The van der Waals surface area contributed by atoms with Gasteiger partial charge in [-0.2, -0.15) is 5.10 Å². The highest BCUT2D eigenvalue weighted by Gasteiger charge is 2.18. The molecule has 0 aliphatic heterocycles. The molecule has 34 heavy (non-hydrogen) atoms. The van der Waals surface area contributed by atoms with Gasteiger partial charge in [0, 0.05) is 11.3 Å². The number of amides is 1. The zero-order chi connectivity index (χ0) is 24.3. The van der Waals surface area contributed by atoms with Crippen molar-refractivity contribution in [2.75, 3.05) is 12.4 Å². The third-order valence-corrected chi connectivity index (χ3v) is 6.09. The Labute approximate surface area is 196 Å². The molecule has 4 rings (SSSR count). The van der Waals surface area contributed by atoms with Crippen LogP contribution >= 0.6 is 0 Å². The number of sulfonamides is 1. The molecule has 0 atom stereocenters. The number of hydrogen-bond donors (Lipinski definition) is 3. The van der Waals surface area contributed by atoms with E-state index in [2.05, 4.69) is 10.4 Å². The van der Waals surface area contributed by atoms with E-state index in [4.69, 9.17) is 9.88 Å². The van der Waals surface area contributed by atoms with Crippen LogP contribution in [0.5, 0.6) is 5.75 Å². The Kier molecular flexibility index (Phi) is 6.46. The first-order chi connectivity index (χ1) is 16.3. The van der Waals surface area contributed by atoms with E-state index >= 15 is 0 Å². The topological polar surface area (TPSA) is 137 Å². The summed E-state index contributed by atoms with van der Waals surface area (Å²) >= 11 is 0. The van der Waals surface area contributed by atoms with Crippen LogP contribution in [0.15, 0.2) is 83.8 Å². The first kappa shape index (κ1) is 23.2. The molecule has 1 aromatic heterocycles. The van der Waals surface area contributed by atoms with Gasteiger partial charge in [0.1, 0.15) is 11.4 Å². The number of primary sulfonamides is 1. The summed E-state index contributed by atoms with van der Waals surface area (Å²) in [5, 5.41) is 21.9. The van der Waals surface area contributed by atoms with Crippen molar-refractivity contribution >= 4 is 21.6 Å².